The van der Waals surface area contributed by atoms with Crippen molar-refractivity contribution in [3.63, 3.8) is 0 Å². The Morgan fingerprint density at radius 3 is 3.00 bits per heavy atom. The summed E-state index contributed by atoms with van der Waals surface area (Å²) in [5.41, 5.74) is 7.03. The molecule has 2 rings (SSSR count). The van der Waals surface area contributed by atoms with Gasteiger partial charge in [0.15, 0.2) is 0 Å². The third kappa shape index (κ3) is 2.75. The largest absolute Gasteiger partial charge is 0.384 e. The van der Waals surface area contributed by atoms with Gasteiger partial charge in [-0.05, 0) is 25.5 Å². The first kappa shape index (κ1) is 13.1. The molecule has 0 saturated carbocycles. The Morgan fingerprint density at radius 1 is 1.50 bits per heavy atom. The highest BCUT2D eigenvalue weighted by atomic mass is 15.3. The highest BCUT2D eigenvalue weighted by molar-refractivity contribution is 5.51. The smallest absolute Gasteiger partial charge is 0.123 e. The van der Waals surface area contributed by atoms with Crippen molar-refractivity contribution >= 4 is 11.5 Å². The molecule has 0 aliphatic carbocycles. The number of nitrogens with two attached hydrogens (primary N) is 1. The molecule has 4 nitrogen and oxygen atoms in total. The molecule has 0 aromatic carbocycles. The summed E-state index contributed by atoms with van der Waals surface area (Å²) in [6, 6.07) is 3.97. The van der Waals surface area contributed by atoms with Crippen LogP contribution in [0.4, 0.5) is 11.5 Å². The topological polar surface area (TPSA) is 54.2 Å². The number of nitrogens with one attached hydrogen (secondary N) is 1. The van der Waals surface area contributed by atoms with Gasteiger partial charge >= 0.3 is 0 Å². The summed E-state index contributed by atoms with van der Waals surface area (Å²) in [6.07, 6.45) is 5.60. The van der Waals surface area contributed by atoms with Gasteiger partial charge in [0.1, 0.15) is 5.82 Å². The summed E-state index contributed by atoms with van der Waals surface area (Å²) in [5.74, 6) is 0.587. The zero-order chi connectivity index (χ0) is 13.0. The van der Waals surface area contributed by atoms with Crippen LogP contribution in [0.2, 0.25) is 0 Å². The van der Waals surface area contributed by atoms with Crippen molar-refractivity contribution in [3.8, 4) is 0 Å². The lowest BCUT2D eigenvalue weighted by atomic mass is 9.90. The Balaban J connectivity index is 2.19. The maximum atomic E-state index is 5.66. The molecule has 1 aromatic rings. The molecular formula is C14H24N4. The molecule has 1 fully saturated rings. The molecule has 0 bridgehead atoms. The van der Waals surface area contributed by atoms with Crippen molar-refractivity contribution in [2.45, 2.75) is 38.6 Å². The summed E-state index contributed by atoms with van der Waals surface area (Å²) in [4.78, 5) is 6.69. The van der Waals surface area contributed by atoms with Crippen molar-refractivity contribution in [2.75, 3.05) is 30.3 Å². The van der Waals surface area contributed by atoms with E-state index in [0.29, 0.717) is 5.82 Å². The van der Waals surface area contributed by atoms with E-state index in [2.05, 4.69) is 35.1 Å². The lowest BCUT2D eigenvalue weighted by Crippen LogP contribution is -2.60. The van der Waals surface area contributed by atoms with Crippen molar-refractivity contribution in [2.24, 2.45) is 0 Å². The minimum absolute atomic E-state index is 0.187. The van der Waals surface area contributed by atoms with Crippen LogP contribution in [-0.2, 0) is 0 Å². The van der Waals surface area contributed by atoms with E-state index in [1.54, 1.807) is 0 Å². The van der Waals surface area contributed by atoms with Crippen LogP contribution in [0.1, 0.15) is 33.1 Å². The van der Waals surface area contributed by atoms with Gasteiger partial charge in [0.25, 0.3) is 0 Å². The second-order valence-corrected chi connectivity index (χ2v) is 5.37. The highest BCUT2D eigenvalue weighted by Gasteiger charge is 2.33. The van der Waals surface area contributed by atoms with E-state index in [1.807, 2.05) is 12.3 Å². The predicted molar refractivity (Wildman–Crippen MR) is 76.8 cm³/mol. The van der Waals surface area contributed by atoms with E-state index in [1.165, 1.54) is 24.9 Å². The fourth-order valence-corrected chi connectivity index (χ4v) is 2.69. The van der Waals surface area contributed by atoms with Gasteiger partial charge in [0, 0.05) is 25.2 Å². The van der Waals surface area contributed by atoms with Crippen LogP contribution in [0, 0.1) is 0 Å². The zero-order valence-electron chi connectivity index (χ0n) is 11.4. The summed E-state index contributed by atoms with van der Waals surface area (Å²) >= 11 is 0. The molecule has 0 amide bonds. The molecule has 1 atom stereocenters. The van der Waals surface area contributed by atoms with Gasteiger partial charge in [-0.3, -0.25) is 0 Å². The molecular weight excluding hydrogens is 224 g/mol. The van der Waals surface area contributed by atoms with E-state index < -0.39 is 0 Å². The summed E-state index contributed by atoms with van der Waals surface area (Å²) in [7, 11) is 0. The predicted octanol–water partition coefficient (Wildman–Crippen LogP) is 2.02. The standard InChI is InChI=1S/C14H24N4/c1-3-4-7-14(2)11-16-8-9-18(14)12-5-6-13(15)17-10-12/h5-6,10,16H,3-4,7-9,11H2,1-2H3,(H2,15,17)/t14-/m0/s1. The number of pyridine rings is 1. The molecule has 0 spiro atoms. The number of rotatable bonds is 4. The first-order valence-electron chi connectivity index (χ1n) is 6.85. The van der Waals surface area contributed by atoms with Gasteiger partial charge in [-0.1, -0.05) is 19.8 Å². The lowest BCUT2D eigenvalue weighted by molar-refractivity contribution is 0.323. The molecule has 0 radical (unpaired) electrons. The zero-order valence-corrected chi connectivity index (χ0v) is 11.4. The fourth-order valence-electron chi connectivity index (χ4n) is 2.69. The Labute approximate surface area is 110 Å². The van der Waals surface area contributed by atoms with Crippen LogP contribution in [-0.4, -0.2) is 30.2 Å². The van der Waals surface area contributed by atoms with Crippen LogP contribution >= 0.6 is 0 Å². The van der Waals surface area contributed by atoms with Crippen LogP contribution in [0.3, 0.4) is 0 Å². The van der Waals surface area contributed by atoms with Crippen molar-refractivity contribution in [3.05, 3.63) is 18.3 Å². The molecule has 1 aliphatic heterocycles. The van der Waals surface area contributed by atoms with Gasteiger partial charge in [-0.2, -0.15) is 0 Å². The number of hydrogen-bond acceptors (Lipinski definition) is 4. The Morgan fingerprint density at radius 2 is 2.33 bits per heavy atom. The first-order chi connectivity index (χ1) is 8.65. The maximum absolute atomic E-state index is 5.66. The molecule has 2 heterocycles. The number of nitrogen functional groups attached to an aromatic ring is 1. The van der Waals surface area contributed by atoms with Crippen LogP contribution in [0.5, 0.6) is 0 Å². The maximum Gasteiger partial charge on any atom is 0.123 e. The Kier molecular flexibility index (Phi) is 4.07. The van der Waals surface area contributed by atoms with Crippen LogP contribution < -0.4 is 16.0 Å². The second kappa shape index (κ2) is 5.57. The number of aromatic nitrogens is 1. The third-order valence-corrected chi connectivity index (χ3v) is 3.82. The van der Waals surface area contributed by atoms with Gasteiger partial charge < -0.3 is 16.0 Å². The van der Waals surface area contributed by atoms with Crippen LogP contribution in [0.15, 0.2) is 18.3 Å². The van der Waals surface area contributed by atoms with Crippen molar-refractivity contribution < 1.29 is 0 Å². The summed E-state index contributed by atoms with van der Waals surface area (Å²) in [5, 5.41) is 3.51. The van der Waals surface area contributed by atoms with Gasteiger partial charge in [-0.25, -0.2) is 4.98 Å². The van der Waals surface area contributed by atoms with E-state index in [9.17, 15) is 0 Å². The number of piperazine rings is 1. The van der Waals surface area contributed by atoms with E-state index in [0.717, 1.165) is 19.6 Å². The third-order valence-electron chi connectivity index (χ3n) is 3.82. The summed E-state index contributed by atoms with van der Waals surface area (Å²) in [6.45, 7) is 7.69. The number of nitrogens with zero attached hydrogens (tertiary/aromatic N) is 2. The van der Waals surface area contributed by atoms with E-state index >= 15 is 0 Å². The Bertz CT molecular complexity index is 376. The minimum Gasteiger partial charge on any atom is -0.384 e. The van der Waals surface area contributed by atoms with Crippen molar-refractivity contribution in [1.29, 1.82) is 0 Å². The van der Waals surface area contributed by atoms with Gasteiger partial charge in [-0.15, -0.1) is 0 Å². The van der Waals surface area contributed by atoms with Gasteiger partial charge in [0.05, 0.1) is 11.9 Å². The second-order valence-electron chi connectivity index (χ2n) is 5.37. The molecule has 3 N–H and O–H groups in total. The number of anilines is 2. The Hall–Kier alpha value is -1.29. The minimum atomic E-state index is 0.187. The number of unbranched alkanes of at least 4 members (excludes halogenated alkanes) is 1. The lowest BCUT2D eigenvalue weighted by Gasteiger charge is -2.47. The quantitative estimate of drug-likeness (QED) is 0.856. The molecule has 100 valence electrons. The average molecular weight is 248 g/mol. The summed E-state index contributed by atoms with van der Waals surface area (Å²) < 4.78 is 0. The highest BCUT2D eigenvalue weighted by Crippen LogP contribution is 2.29. The molecule has 0 unspecified atom stereocenters. The van der Waals surface area contributed by atoms with E-state index in [-0.39, 0.29) is 5.54 Å². The first-order valence-corrected chi connectivity index (χ1v) is 6.85. The number of hydrogen-bond donors (Lipinski definition) is 2. The molecule has 18 heavy (non-hydrogen) atoms. The van der Waals surface area contributed by atoms with Gasteiger partial charge in [0.2, 0.25) is 0 Å². The molecule has 1 aliphatic rings. The monoisotopic (exact) mass is 248 g/mol. The average Bonchev–Trinajstić information content (AvgIpc) is 2.38. The molecule has 1 saturated heterocycles. The van der Waals surface area contributed by atoms with Crippen LogP contribution in [0.25, 0.3) is 0 Å². The SMILES string of the molecule is CCCC[C@@]1(C)CNCCN1c1ccc(N)nc1. The van der Waals surface area contributed by atoms with Crippen molar-refractivity contribution in [1.82, 2.24) is 10.3 Å². The fraction of sp³-hybridized carbons (Fsp3) is 0.643. The molecule has 4 heteroatoms. The molecule has 1 aromatic heterocycles. The van der Waals surface area contributed by atoms with E-state index in [4.69, 9.17) is 5.73 Å². The normalized spacial score (nSPS) is 24.2.